The minimum atomic E-state index is 0.319. The van der Waals surface area contributed by atoms with Crippen LogP contribution in [0, 0.1) is 0 Å². The Morgan fingerprint density at radius 1 is 1.44 bits per heavy atom. The van der Waals surface area contributed by atoms with Crippen molar-refractivity contribution in [3.8, 4) is 0 Å². The molecule has 3 N–H and O–H groups in total. The van der Waals surface area contributed by atoms with E-state index in [1.807, 2.05) is 18.2 Å². The van der Waals surface area contributed by atoms with Gasteiger partial charge in [-0.1, -0.05) is 30.7 Å². The van der Waals surface area contributed by atoms with E-state index in [9.17, 15) is 0 Å². The Labute approximate surface area is 119 Å². The summed E-state index contributed by atoms with van der Waals surface area (Å²) in [7, 11) is 0. The molecule has 0 fully saturated rings. The summed E-state index contributed by atoms with van der Waals surface area (Å²) in [5.41, 5.74) is 7.22. The average Bonchev–Trinajstić information content (AvgIpc) is 2.33. The monoisotopic (exact) mass is 286 g/mol. The Morgan fingerprint density at radius 2 is 2.22 bits per heavy atom. The van der Waals surface area contributed by atoms with Gasteiger partial charge in [0.05, 0.1) is 5.02 Å². The van der Waals surface area contributed by atoms with Gasteiger partial charge in [0.15, 0.2) is 0 Å². The molecule has 0 amide bonds. The number of thiocarbonyl (C=S) groups is 1. The molecular weight excluding hydrogens is 268 g/mol. The number of halogens is 1. The van der Waals surface area contributed by atoms with E-state index in [1.54, 1.807) is 0 Å². The van der Waals surface area contributed by atoms with Crippen LogP contribution in [-0.4, -0.2) is 24.7 Å². The van der Waals surface area contributed by atoms with Crippen LogP contribution in [-0.2, 0) is 4.74 Å². The van der Waals surface area contributed by atoms with Gasteiger partial charge in [-0.15, -0.1) is 0 Å². The number of ether oxygens (including phenoxy) is 1. The number of rotatable bonds is 8. The highest BCUT2D eigenvalue weighted by molar-refractivity contribution is 7.80. The molecule has 0 atom stereocenters. The highest BCUT2D eigenvalue weighted by atomic mass is 35.5. The van der Waals surface area contributed by atoms with Gasteiger partial charge in [0.2, 0.25) is 0 Å². The van der Waals surface area contributed by atoms with Gasteiger partial charge in [-0.25, -0.2) is 0 Å². The normalized spacial score (nSPS) is 10.3. The summed E-state index contributed by atoms with van der Waals surface area (Å²) in [6, 6.07) is 5.59. The van der Waals surface area contributed by atoms with E-state index < -0.39 is 0 Å². The second-order valence-electron chi connectivity index (χ2n) is 3.95. The molecule has 0 bridgehead atoms. The Morgan fingerprint density at radius 3 is 2.83 bits per heavy atom. The third-order valence-corrected chi connectivity index (χ3v) is 2.91. The second kappa shape index (κ2) is 8.29. The van der Waals surface area contributed by atoms with E-state index >= 15 is 0 Å². The Bertz CT molecular complexity index is 399. The third kappa shape index (κ3) is 5.21. The van der Waals surface area contributed by atoms with Crippen molar-refractivity contribution in [2.45, 2.75) is 19.8 Å². The summed E-state index contributed by atoms with van der Waals surface area (Å²) in [5, 5.41) is 3.86. The largest absolute Gasteiger partial charge is 0.389 e. The van der Waals surface area contributed by atoms with Crippen molar-refractivity contribution in [1.29, 1.82) is 0 Å². The Kier molecular flexibility index (Phi) is 7.01. The van der Waals surface area contributed by atoms with E-state index in [0.29, 0.717) is 15.6 Å². The van der Waals surface area contributed by atoms with Crippen LogP contribution in [0.5, 0.6) is 0 Å². The summed E-state index contributed by atoms with van der Waals surface area (Å²) in [6.45, 7) is 4.56. The summed E-state index contributed by atoms with van der Waals surface area (Å²) in [5.74, 6) is 0. The number of nitrogens with two attached hydrogens (primary N) is 1. The smallest absolute Gasteiger partial charge is 0.105 e. The molecule has 0 unspecified atom stereocenters. The van der Waals surface area contributed by atoms with Crippen LogP contribution >= 0.6 is 23.8 Å². The molecule has 0 saturated carbocycles. The maximum Gasteiger partial charge on any atom is 0.105 e. The summed E-state index contributed by atoms with van der Waals surface area (Å²) >= 11 is 11.0. The minimum absolute atomic E-state index is 0.319. The van der Waals surface area contributed by atoms with Crippen molar-refractivity contribution in [2.75, 3.05) is 25.1 Å². The lowest BCUT2D eigenvalue weighted by molar-refractivity contribution is 0.134. The van der Waals surface area contributed by atoms with Gasteiger partial charge in [0, 0.05) is 31.0 Å². The van der Waals surface area contributed by atoms with Gasteiger partial charge >= 0.3 is 0 Å². The molecular formula is C13H19ClN2OS. The maximum absolute atomic E-state index is 6.07. The molecule has 0 heterocycles. The Hall–Kier alpha value is -0.840. The average molecular weight is 287 g/mol. The number of hydrogen-bond donors (Lipinski definition) is 2. The zero-order chi connectivity index (χ0) is 13.4. The lowest BCUT2D eigenvalue weighted by Crippen LogP contribution is -2.10. The van der Waals surface area contributed by atoms with Gasteiger partial charge in [0.1, 0.15) is 4.99 Å². The lowest BCUT2D eigenvalue weighted by Gasteiger charge is -2.09. The van der Waals surface area contributed by atoms with Crippen LogP contribution < -0.4 is 11.1 Å². The second-order valence-corrected chi connectivity index (χ2v) is 4.80. The van der Waals surface area contributed by atoms with Gasteiger partial charge < -0.3 is 15.8 Å². The minimum Gasteiger partial charge on any atom is -0.389 e. The third-order valence-electron chi connectivity index (χ3n) is 2.38. The summed E-state index contributed by atoms with van der Waals surface area (Å²) in [4.78, 5) is 0.319. The first-order chi connectivity index (χ1) is 8.65. The van der Waals surface area contributed by atoms with Crippen LogP contribution in [0.15, 0.2) is 18.2 Å². The quantitative estimate of drug-likeness (QED) is 0.569. The van der Waals surface area contributed by atoms with Crippen molar-refractivity contribution in [2.24, 2.45) is 5.73 Å². The summed E-state index contributed by atoms with van der Waals surface area (Å²) < 4.78 is 5.40. The number of benzene rings is 1. The number of anilines is 1. The van der Waals surface area contributed by atoms with E-state index in [1.165, 1.54) is 0 Å². The Balaban J connectivity index is 2.35. The predicted molar refractivity (Wildman–Crippen MR) is 81.6 cm³/mol. The zero-order valence-corrected chi connectivity index (χ0v) is 12.1. The van der Waals surface area contributed by atoms with Gasteiger partial charge in [-0.05, 0) is 31.0 Å². The van der Waals surface area contributed by atoms with Crippen molar-refractivity contribution >= 4 is 34.5 Å². The molecule has 1 aromatic rings. The van der Waals surface area contributed by atoms with Crippen molar-refractivity contribution in [1.82, 2.24) is 0 Å². The molecule has 0 aliphatic heterocycles. The van der Waals surface area contributed by atoms with Crippen molar-refractivity contribution in [3.05, 3.63) is 28.8 Å². The predicted octanol–water partition coefficient (Wildman–Crippen LogP) is 3.20. The first kappa shape index (κ1) is 15.2. The van der Waals surface area contributed by atoms with Gasteiger partial charge in [0.25, 0.3) is 0 Å². The molecule has 0 aromatic heterocycles. The van der Waals surface area contributed by atoms with E-state index in [2.05, 4.69) is 12.2 Å². The SMILES string of the molecule is CCCOCCCNc1ccc(C(N)=S)c(Cl)c1. The van der Waals surface area contributed by atoms with E-state index in [4.69, 9.17) is 34.3 Å². The first-order valence-corrected chi connectivity index (χ1v) is 6.84. The molecule has 5 heteroatoms. The molecule has 0 aliphatic rings. The molecule has 0 radical (unpaired) electrons. The lowest BCUT2D eigenvalue weighted by atomic mass is 10.2. The molecule has 0 aliphatic carbocycles. The molecule has 100 valence electrons. The molecule has 0 spiro atoms. The topological polar surface area (TPSA) is 47.3 Å². The first-order valence-electron chi connectivity index (χ1n) is 6.06. The van der Waals surface area contributed by atoms with E-state index in [0.717, 1.165) is 38.3 Å². The van der Waals surface area contributed by atoms with Crippen molar-refractivity contribution in [3.63, 3.8) is 0 Å². The standard InChI is InChI=1S/C13H19ClN2OS/c1-2-7-17-8-3-6-16-10-4-5-11(13(15)18)12(14)9-10/h4-5,9,16H,2-3,6-8H2,1H3,(H2,15,18). The van der Waals surface area contributed by atoms with E-state index in [-0.39, 0.29) is 0 Å². The fraction of sp³-hybridized carbons (Fsp3) is 0.462. The van der Waals surface area contributed by atoms with Gasteiger partial charge in [-0.3, -0.25) is 0 Å². The number of nitrogens with one attached hydrogen (secondary N) is 1. The molecule has 0 saturated heterocycles. The molecule has 1 rings (SSSR count). The van der Waals surface area contributed by atoms with Crippen LogP contribution in [0.2, 0.25) is 5.02 Å². The van der Waals surface area contributed by atoms with Crippen LogP contribution in [0.4, 0.5) is 5.69 Å². The summed E-state index contributed by atoms with van der Waals surface area (Å²) in [6.07, 6.45) is 2.03. The highest BCUT2D eigenvalue weighted by Gasteiger charge is 2.03. The zero-order valence-electron chi connectivity index (χ0n) is 10.5. The number of hydrogen-bond acceptors (Lipinski definition) is 3. The molecule has 3 nitrogen and oxygen atoms in total. The molecule has 18 heavy (non-hydrogen) atoms. The fourth-order valence-corrected chi connectivity index (χ4v) is 1.99. The fourth-order valence-electron chi connectivity index (χ4n) is 1.48. The highest BCUT2D eigenvalue weighted by Crippen LogP contribution is 2.20. The van der Waals surface area contributed by atoms with Crippen LogP contribution in [0.25, 0.3) is 0 Å². The molecule has 1 aromatic carbocycles. The van der Waals surface area contributed by atoms with Gasteiger partial charge in [-0.2, -0.15) is 0 Å². The maximum atomic E-state index is 6.07. The van der Waals surface area contributed by atoms with Crippen LogP contribution in [0.1, 0.15) is 25.3 Å². The van der Waals surface area contributed by atoms with Crippen molar-refractivity contribution < 1.29 is 4.74 Å². The van der Waals surface area contributed by atoms with Crippen LogP contribution in [0.3, 0.4) is 0 Å².